The predicted octanol–water partition coefficient (Wildman–Crippen LogP) is 4.51. The lowest BCUT2D eigenvalue weighted by Crippen LogP contribution is -2.44. The smallest absolute Gasteiger partial charge is 0.314 e. The maximum Gasteiger partial charge on any atom is 0.424 e. The molecule has 0 amide bonds. The molecule has 0 saturated heterocycles. The van der Waals surface area contributed by atoms with Gasteiger partial charge in [-0.25, -0.2) is 0 Å². The minimum absolute atomic E-state index is 2.79. The molecule has 0 saturated carbocycles. The number of hydrogen-bond acceptors (Lipinski definition) is 2. The van der Waals surface area contributed by atoms with E-state index in [1.165, 1.54) is 0 Å². The van der Waals surface area contributed by atoms with Crippen LogP contribution in [0, 0.1) is 0 Å². The van der Waals surface area contributed by atoms with E-state index in [4.69, 9.17) is 0 Å². The van der Waals surface area contributed by atoms with Gasteiger partial charge in [-0.05, 0) is 0 Å². The van der Waals surface area contributed by atoms with Crippen molar-refractivity contribution < 1.29 is 61.7 Å². The van der Waals surface area contributed by atoms with Gasteiger partial charge >= 0.3 is 24.7 Å². The maximum absolute atomic E-state index is 11.9. The summed E-state index contributed by atoms with van der Waals surface area (Å²) in [6, 6.07) is 0. The first-order valence-electron chi connectivity index (χ1n) is 4.30. The average Bonchev–Trinajstić information content (AvgIpc) is 2.07. The van der Waals surface area contributed by atoms with E-state index in [0.717, 1.165) is 0 Å². The summed E-state index contributed by atoms with van der Waals surface area (Å²) in [7, 11) is -2.79. The molecule has 0 heterocycles. The van der Waals surface area contributed by atoms with Crippen molar-refractivity contribution in [2.45, 2.75) is 36.9 Å². The quantitative estimate of drug-likeness (QED) is 0.538. The SMILES string of the molecule is FC(F)(F)C(OPOC(C(F)(F)F)C(F)(F)F)C(F)(F)F. The standard InChI is InChI=1S/C6H3F12O2P/c7-3(8,9)1(4(10,11)12)19-21-20-2(5(13,14)15)6(16,17)18/h1-2,21H. The van der Waals surface area contributed by atoms with Gasteiger partial charge < -0.3 is 9.05 Å². The fourth-order valence-electron chi connectivity index (χ4n) is 0.762. The molecule has 15 heteroatoms. The zero-order valence-electron chi connectivity index (χ0n) is 9.01. The molecule has 0 spiro atoms. The number of halogens is 12. The van der Waals surface area contributed by atoms with Crippen LogP contribution in [-0.4, -0.2) is 36.9 Å². The van der Waals surface area contributed by atoms with Crippen LogP contribution in [0.15, 0.2) is 0 Å². The lowest BCUT2D eigenvalue weighted by Gasteiger charge is -2.25. The average molecular weight is 366 g/mol. The van der Waals surface area contributed by atoms with Crippen molar-refractivity contribution in [1.29, 1.82) is 0 Å². The van der Waals surface area contributed by atoms with Crippen LogP contribution < -0.4 is 0 Å². The second kappa shape index (κ2) is 6.32. The zero-order valence-corrected chi connectivity index (χ0v) is 10.0. The molecule has 0 aromatic rings. The molecule has 0 aliphatic heterocycles. The monoisotopic (exact) mass is 366 g/mol. The van der Waals surface area contributed by atoms with Gasteiger partial charge in [-0.15, -0.1) is 0 Å². The molecule has 0 aromatic heterocycles. The molecule has 0 atom stereocenters. The molecule has 0 bridgehead atoms. The molecule has 0 aliphatic carbocycles. The summed E-state index contributed by atoms with van der Waals surface area (Å²) in [4.78, 5) is 0. The molecule has 0 N–H and O–H groups in total. The van der Waals surface area contributed by atoms with Gasteiger partial charge in [0.1, 0.15) is 0 Å². The van der Waals surface area contributed by atoms with Crippen molar-refractivity contribution in [2.75, 3.05) is 0 Å². The molecular weight excluding hydrogens is 363 g/mol. The third-order valence-electron chi connectivity index (χ3n) is 1.52. The Morgan fingerprint density at radius 1 is 0.476 bits per heavy atom. The highest BCUT2D eigenvalue weighted by Crippen LogP contribution is 2.43. The zero-order chi connectivity index (χ0) is 17.3. The first-order valence-corrected chi connectivity index (χ1v) is 5.12. The third-order valence-corrected chi connectivity index (χ3v) is 2.18. The van der Waals surface area contributed by atoms with E-state index in [9.17, 15) is 52.7 Å². The van der Waals surface area contributed by atoms with E-state index < -0.39 is 45.9 Å². The van der Waals surface area contributed by atoms with Crippen LogP contribution in [0.5, 0.6) is 0 Å². The predicted molar refractivity (Wildman–Crippen MR) is 42.3 cm³/mol. The Morgan fingerprint density at radius 2 is 0.667 bits per heavy atom. The van der Waals surface area contributed by atoms with Gasteiger partial charge in [0.2, 0.25) is 0 Å². The number of rotatable bonds is 4. The third kappa shape index (κ3) is 6.87. The summed E-state index contributed by atoms with van der Waals surface area (Å²) < 4.78 is 148. The summed E-state index contributed by atoms with van der Waals surface area (Å²) in [5, 5.41) is 0. The highest BCUT2D eigenvalue weighted by Gasteiger charge is 2.60. The lowest BCUT2D eigenvalue weighted by atomic mass is 10.3. The first-order chi connectivity index (χ1) is 8.97. The van der Waals surface area contributed by atoms with Crippen LogP contribution in [0.2, 0.25) is 0 Å². The van der Waals surface area contributed by atoms with Crippen LogP contribution in [0.25, 0.3) is 0 Å². The molecule has 128 valence electrons. The van der Waals surface area contributed by atoms with E-state index in [0.29, 0.717) is 0 Å². The van der Waals surface area contributed by atoms with E-state index in [1.54, 1.807) is 0 Å². The van der Waals surface area contributed by atoms with Crippen molar-refractivity contribution in [1.82, 2.24) is 0 Å². The fourth-order valence-corrected chi connectivity index (χ4v) is 1.54. The second-order valence-electron chi connectivity index (χ2n) is 3.25. The first kappa shape index (κ1) is 20.5. The Kier molecular flexibility index (Phi) is 6.18. The number of alkyl halides is 12. The number of hydrogen-bond donors (Lipinski definition) is 0. The summed E-state index contributed by atoms with van der Waals surface area (Å²) in [6.07, 6.45) is -33.5. The van der Waals surface area contributed by atoms with Gasteiger partial charge in [0, 0.05) is 0 Å². The van der Waals surface area contributed by atoms with Gasteiger partial charge in [0.05, 0.1) is 0 Å². The Hall–Kier alpha value is -0.490. The highest BCUT2D eigenvalue weighted by atomic mass is 31.1. The van der Waals surface area contributed by atoms with E-state index >= 15 is 0 Å². The molecule has 0 rings (SSSR count). The molecular formula is C6H3F12O2P. The fraction of sp³-hybridized carbons (Fsp3) is 1.00. The van der Waals surface area contributed by atoms with Crippen LogP contribution in [0.3, 0.4) is 0 Å². The van der Waals surface area contributed by atoms with Gasteiger partial charge in [0.15, 0.2) is 9.03 Å². The van der Waals surface area contributed by atoms with Crippen molar-refractivity contribution >= 4 is 9.03 Å². The van der Waals surface area contributed by atoms with E-state index in [1.807, 2.05) is 0 Å². The highest BCUT2D eigenvalue weighted by molar-refractivity contribution is 7.26. The van der Waals surface area contributed by atoms with Crippen molar-refractivity contribution in [3.05, 3.63) is 0 Å². The van der Waals surface area contributed by atoms with E-state index in [-0.39, 0.29) is 0 Å². The van der Waals surface area contributed by atoms with Crippen molar-refractivity contribution in [3.8, 4) is 0 Å². The van der Waals surface area contributed by atoms with E-state index in [2.05, 4.69) is 9.05 Å². The largest absolute Gasteiger partial charge is 0.424 e. The Bertz CT molecular complexity index is 267. The Morgan fingerprint density at radius 3 is 0.810 bits per heavy atom. The molecule has 0 radical (unpaired) electrons. The molecule has 0 fully saturated rings. The van der Waals surface area contributed by atoms with Crippen molar-refractivity contribution in [3.63, 3.8) is 0 Å². The molecule has 2 nitrogen and oxygen atoms in total. The minimum atomic E-state index is -6.08. The van der Waals surface area contributed by atoms with Gasteiger partial charge in [0.25, 0.3) is 12.2 Å². The van der Waals surface area contributed by atoms with Crippen LogP contribution >= 0.6 is 9.03 Å². The Labute approximate surface area is 109 Å². The van der Waals surface area contributed by atoms with Crippen molar-refractivity contribution in [2.24, 2.45) is 0 Å². The summed E-state index contributed by atoms with van der Waals surface area (Å²) in [6.45, 7) is 0. The summed E-state index contributed by atoms with van der Waals surface area (Å²) in [5.41, 5.74) is 0. The molecule has 0 unspecified atom stereocenters. The topological polar surface area (TPSA) is 18.5 Å². The molecule has 0 aliphatic rings. The minimum Gasteiger partial charge on any atom is -0.314 e. The van der Waals surface area contributed by atoms with Gasteiger partial charge in [-0.3, -0.25) is 0 Å². The summed E-state index contributed by atoms with van der Waals surface area (Å²) in [5.74, 6) is 0. The Balaban J connectivity index is 4.84. The lowest BCUT2D eigenvalue weighted by molar-refractivity contribution is -0.309. The molecule has 21 heavy (non-hydrogen) atoms. The normalized spacial score (nSPS) is 15.1. The van der Waals surface area contributed by atoms with Crippen LogP contribution in [-0.2, 0) is 9.05 Å². The van der Waals surface area contributed by atoms with Crippen LogP contribution in [0.1, 0.15) is 0 Å². The van der Waals surface area contributed by atoms with Crippen LogP contribution in [0.4, 0.5) is 52.7 Å². The van der Waals surface area contributed by atoms with Gasteiger partial charge in [-0.2, -0.15) is 52.7 Å². The summed E-state index contributed by atoms with van der Waals surface area (Å²) >= 11 is 0. The second-order valence-corrected chi connectivity index (χ2v) is 3.88. The maximum atomic E-state index is 11.9. The molecule has 0 aromatic carbocycles. The van der Waals surface area contributed by atoms with Gasteiger partial charge in [-0.1, -0.05) is 0 Å².